The predicted octanol–water partition coefficient (Wildman–Crippen LogP) is 3.22. The lowest BCUT2D eigenvalue weighted by Crippen LogP contribution is -2.27. The van der Waals surface area contributed by atoms with Crippen molar-refractivity contribution in [2.24, 2.45) is 0 Å². The van der Waals surface area contributed by atoms with Crippen molar-refractivity contribution >= 4 is 17.9 Å². The van der Waals surface area contributed by atoms with Crippen LogP contribution in [-0.2, 0) is 14.4 Å². The minimum Gasteiger partial charge on any atom is -0.481 e. The highest BCUT2D eigenvalue weighted by Gasteiger charge is 2.06. The molecule has 0 spiro atoms. The molecular formula is C18H33NO6. The van der Waals surface area contributed by atoms with E-state index in [2.05, 4.69) is 4.90 Å². The Morgan fingerprint density at radius 1 is 0.480 bits per heavy atom. The quantitative estimate of drug-likeness (QED) is 0.322. The molecule has 0 radical (unpaired) electrons. The van der Waals surface area contributed by atoms with Crippen LogP contribution in [0.4, 0.5) is 0 Å². The zero-order chi connectivity index (χ0) is 18.9. The molecule has 0 unspecified atom stereocenters. The van der Waals surface area contributed by atoms with E-state index in [1.165, 1.54) is 0 Å². The van der Waals surface area contributed by atoms with Crippen LogP contribution in [0.15, 0.2) is 0 Å². The van der Waals surface area contributed by atoms with Gasteiger partial charge < -0.3 is 20.2 Å². The van der Waals surface area contributed by atoms with E-state index in [1.807, 2.05) is 0 Å². The number of carbonyl (C=O) groups is 3. The second-order valence-electron chi connectivity index (χ2n) is 6.45. The molecule has 0 fully saturated rings. The molecule has 0 aliphatic heterocycles. The molecule has 0 aromatic carbocycles. The number of unbranched alkanes of at least 4 members (excludes halogenated alkanes) is 6. The van der Waals surface area contributed by atoms with Crippen LogP contribution >= 0.6 is 0 Å². The van der Waals surface area contributed by atoms with Gasteiger partial charge in [0.2, 0.25) is 0 Å². The Morgan fingerprint density at radius 2 is 0.760 bits per heavy atom. The van der Waals surface area contributed by atoms with Crippen molar-refractivity contribution in [3.05, 3.63) is 0 Å². The summed E-state index contributed by atoms with van der Waals surface area (Å²) in [6, 6.07) is 0. The van der Waals surface area contributed by atoms with Gasteiger partial charge in [-0.05, 0) is 58.2 Å². The van der Waals surface area contributed by atoms with Crippen LogP contribution in [0, 0.1) is 0 Å². The van der Waals surface area contributed by atoms with Crippen molar-refractivity contribution in [3.63, 3.8) is 0 Å². The summed E-state index contributed by atoms with van der Waals surface area (Å²) in [5.41, 5.74) is 0. The Balaban J connectivity index is 3.92. The maximum atomic E-state index is 10.5. The van der Waals surface area contributed by atoms with Crippen LogP contribution in [0.25, 0.3) is 0 Å². The second kappa shape index (κ2) is 15.9. The average molecular weight is 359 g/mol. The number of carboxylic acid groups (broad SMARTS) is 3. The Morgan fingerprint density at radius 3 is 1.00 bits per heavy atom. The van der Waals surface area contributed by atoms with Crippen LogP contribution in [0.5, 0.6) is 0 Å². The Kier molecular flexibility index (Phi) is 14.8. The number of carboxylic acids is 3. The fraction of sp³-hybridized carbons (Fsp3) is 0.833. The highest BCUT2D eigenvalue weighted by atomic mass is 16.4. The molecule has 0 aromatic heterocycles. The van der Waals surface area contributed by atoms with E-state index in [4.69, 9.17) is 15.3 Å². The first-order valence-electron chi connectivity index (χ1n) is 9.29. The third-order valence-corrected chi connectivity index (χ3v) is 4.09. The zero-order valence-electron chi connectivity index (χ0n) is 15.1. The number of hydrogen-bond acceptors (Lipinski definition) is 4. The first kappa shape index (κ1) is 23.4. The van der Waals surface area contributed by atoms with E-state index in [-0.39, 0.29) is 19.3 Å². The lowest BCUT2D eigenvalue weighted by molar-refractivity contribution is -0.138. The van der Waals surface area contributed by atoms with Crippen molar-refractivity contribution in [2.75, 3.05) is 19.6 Å². The number of nitrogens with zero attached hydrogens (tertiary/aromatic N) is 1. The van der Waals surface area contributed by atoms with Gasteiger partial charge in [-0.25, -0.2) is 0 Å². The summed E-state index contributed by atoms with van der Waals surface area (Å²) in [5, 5.41) is 25.9. The topological polar surface area (TPSA) is 115 Å². The molecule has 7 nitrogen and oxygen atoms in total. The van der Waals surface area contributed by atoms with Crippen molar-refractivity contribution in [1.82, 2.24) is 4.90 Å². The maximum absolute atomic E-state index is 10.5. The van der Waals surface area contributed by atoms with E-state index in [1.54, 1.807) is 0 Å². The second-order valence-corrected chi connectivity index (χ2v) is 6.45. The summed E-state index contributed by atoms with van der Waals surface area (Å²) in [7, 11) is 0. The van der Waals surface area contributed by atoms with E-state index in [0.29, 0.717) is 19.3 Å². The van der Waals surface area contributed by atoms with Crippen LogP contribution in [0.1, 0.15) is 77.0 Å². The fourth-order valence-corrected chi connectivity index (χ4v) is 2.70. The van der Waals surface area contributed by atoms with Gasteiger partial charge in [0.1, 0.15) is 0 Å². The molecule has 0 atom stereocenters. The van der Waals surface area contributed by atoms with E-state index < -0.39 is 17.9 Å². The Hall–Kier alpha value is -1.63. The smallest absolute Gasteiger partial charge is 0.303 e. The third-order valence-electron chi connectivity index (χ3n) is 4.09. The molecule has 0 aliphatic carbocycles. The highest BCUT2D eigenvalue weighted by Crippen LogP contribution is 2.08. The lowest BCUT2D eigenvalue weighted by Gasteiger charge is -2.22. The van der Waals surface area contributed by atoms with Gasteiger partial charge in [-0.2, -0.15) is 0 Å². The van der Waals surface area contributed by atoms with Gasteiger partial charge in [-0.3, -0.25) is 14.4 Å². The van der Waals surface area contributed by atoms with Crippen LogP contribution < -0.4 is 0 Å². The van der Waals surface area contributed by atoms with Crippen molar-refractivity contribution in [3.8, 4) is 0 Å². The molecular weight excluding hydrogens is 326 g/mol. The van der Waals surface area contributed by atoms with E-state index in [9.17, 15) is 14.4 Å². The van der Waals surface area contributed by atoms with Gasteiger partial charge in [-0.15, -0.1) is 0 Å². The molecule has 0 aliphatic rings. The van der Waals surface area contributed by atoms with Crippen LogP contribution in [-0.4, -0.2) is 57.8 Å². The van der Waals surface area contributed by atoms with Gasteiger partial charge in [0.25, 0.3) is 0 Å². The number of aliphatic carboxylic acids is 3. The molecule has 0 saturated carbocycles. The molecule has 0 saturated heterocycles. The van der Waals surface area contributed by atoms with Crippen molar-refractivity contribution in [2.45, 2.75) is 77.0 Å². The molecule has 7 heteroatoms. The molecule has 0 heterocycles. The molecule has 0 bridgehead atoms. The maximum Gasteiger partial charge on any atom is 0.303 e. The summed E-state index contributed by atoms with van der Waals surface area (Å²) in [6.07, 6.45) is 8.26. The van der Waals surface area contributed by atoms with Gasteiger partial charge in [0.05, 0.1) is 0 Å². The van der Waals surface area contributed by atoms with Gasteiger partial charge >= 0.3 is 17.9 Å². The monoisotopic (exact) mass is 359 g/mol. The van der Waals surface area contributed by atoms with E-state index in [0.717, 1.165) is 58.2 Å². The summed E-state index contributed by atoms with van der Waals surface area (Å²) in [4.78, 5) is 33.8. The van der Waals surface area contributed by atoms with Crippen LogP contribution in [0.2, 0.25) is 0 Å². The molecule has 3 N–H and O–H groups in total. The minimum absolute atomic E-state index is 0.213. The zero-order valence-corrected chi connectivity index (χ0v) is 15.1. The van der Waals surface area contributed by atoms with Gasteiger partial charge in [0, 0.05) is 19.3 Å². The average Bonchev–Trinajstić information content (AvgIpc) is 2.52. The predicted molar refractivity (Wildman–Crippen MR) is 94.8 cm³/mol. The minimum atomic E-state index is -0.756. The summed E-state index contributed by atoms with van der Waals surface area (Å²) in [5.74, 6) is -2.27. The van der Waals surface area contributed by atoms with E-state index >= 15 is 0 Å². The summed E-state index contributed by atoms with van der Waals surface area (Å²) >= 11 is 0. The molecule has 25 heavy (non-hydrogen) atoms. The van der Waals surface area contributed by atoms with Crippen molar-refractivity contribution in [1.29, 1.82) is 0 Å². The first-order valence-corrected chi connectivity index (χ1v) is 9.29. The third kappa shape index (κ3) is 18.5. The number of rotatable bonds is 18. The highest BCUT2D eigenvalue weighted by molar-refractivity contribution is 5.67. The van der Waals surface area contributed by atoms with Crippen molar-refractivity contribution < 1.29 is 29.7 Å². The SMILES string of the molecule is O=C(O)CCCCCN(CCCCCC(=O)O)CCCCCC(=O)O. The first-order chi connectivity index (χ1) is 11.9. The largest absolute Gasteiger partial charge is 0.481 e. The Labute approximate surface area is 150 Å². The van der Waals surface area contributed by atoms with Crippen LogP contribution in [0.3, 0.4) is 0 Å². The Bertz CT molecular complexity index is 329. The van der Waals surface area contributed by atoms with Gasteiger partial charge in [0.15, 0.2) is 0 Å². The summed E-state index contributed by atoms with van der Waals surface area (Å²) in [6.45, 7) is 2.74. The molecule has 0 amide bonds. The summed E-state index contributed by atoms with van der Waals surface area (Å²) < 4.78 is 0. The normalized spacial score (nSPS) is 10.9. The molecule has 0 rings (SSSR count). The fourth-order valence-electron chi connectivity index (χ4n) is 2.70. The van der Waals surface area contributed by atoms with Gasteiger partial charge in [-0.1, -0.05) is 19.3 Å². The number of hydrogen-bond donors (Lipinski definition) is 3. The standard InChI is InChI=1S/C18H33NO6/c20-16(21)10-4-1-7-13-19(14-8-2-5-11-17(22)23)15-9-3-6-12-18(24)25/h1-15H2,(H,20,21)(H,22,23)(H,24,25). The molecule has 146 valence electrons. The lowest BCUT2D eigenvalue weighted by atomic mass is 10.1. The molecule has 0 aromatic rings.